The van der Waals surface area contributed by atoms with Crippen molar-refractivity contribution in [1.29, 1.82) is 0 Å². The van der Waals surface area contributed by atoms with Gasteiger partial charge in [0.15, 0.2) is 0 Å². The summed E-state index contributed by atoms with van der Waals surface area (Å²) >= 11 is 0. The van der Waals surface area contributed by atoms with E-state index >= 15 is 0 Å². The SMILES string of the molecule is Cc1ccc(C(C(=O)NCCS(=O)(=O)N(C)c2ccccc2)C(C)C)cc1. The second-order valence-electron chi connectivity index (χ2n) is 7.04. The molecule has 0 fully saturated rings. The van der Waals surface area contributed by atoms with Crippen molar-refractivity contribution in [1.82, 2.24) is 5.32 Å². The Morgan fingerprint density at radius 2 is 1.63 bits per heavy atom. The van der Waals surface area contributed by atoms with Crippen LogP contribution in [0.4, 0.5) is 5.69 Å². The molecule has 1 N–H and O–H groups in total. The molecule has 27 heavy (non-hydrogen) atoms. The Kier molecular flexibility index (Phi) is 7.02. The van der Waals surface area contributed by atoms with E-state index in [1.165, 1.54) is 11.4 Å². The van der Waals surface area contributed by atoms with E-state index in [4.69, 9.17) is 0 Å². The van der Waals surface area contributed by atoms with E-state index in [1.807, 2.05) is 51.1 Å². The topological polar surface area (TPSA) is 66.5 Å². The van der Waals surface area contributed by atoms with E-state index in [0.29, 0.717) is 5.69 Å². The quantitative estimate of drug-likeness (QED) is 0.754. The molecule has 0 radical (unpaired) electrons. The van der Waals surface area contributed by atoms with Gasteiger partial charge in [0.05, 0.1) is 17.4 Å². The van der Waals surface area contributed by atoms with Crippen LogP contribution in [0.3, 0.4) is 0 Å². The first-order valence-corrected chi connectivity index (χ1v) is 10.7. The Balaban J connectivity index is 2.00. The normalized spacial score (nSPS) is 12.6. The Morgan fingerprint density at radius 3 is 2.19 bits per heavy atom. The van der Waals surface area contributed by atoms with Gasteiger partial charge in [0.2, 0.25) is 15.9 Å². The van der Waals surface area contributed by atoms with E-state index in [2.05, 4.69) is 5.32 Å². The van der Waals surface area contributed by atoms with Crippen LogP contribution in [0.25, 0.3) is 0 Å². The van der Waals surface area contributed by atoms with Gasteiger partial charge in [0.1, 0.15) is 0 Å². The van der Waals surface area contributed by atoms with Gasteiger partial charge in [-0.2, -0.15) is 0 Å². The highest BCUT2D eigenvalue weighted by atomic mass is 32.2. The fraction of sp³-hybridized carbons (Fsp3) is 0.381. The van der Waals surface area contributed by atoms with Gasteiger partial charge in [-0.05, 0) is 30.5 Å². The third-order valence-corrected chi connectivity index (χ3v) is 6.35. The van der Waals surface area contributed by atoms with Crippen molar-refractivity contribution in [3.63, 3.8) is 0 Å². The minimum Gasteiger partial charge on any atom is -0.354 e. The molecule has 1 unspecified atom stereocenters. The van der Waals surface area contributed by atoms with Crippen molar-refractivity contribution in [3.05, 3.63) is 65.7 Å². The van der Waals surface area contributed by atoms with Gasteiger partial charge in [0.25, 0.3) is 0 Å². The zero-order valence-electron chi connectivity index (χ0n) is 16.3. The molecule has 2 rings (SSSR count). The number of hydrogen-bond donors (Lipinski definition) is 1. The number of carbonyl (C=O) groups excluding carboxylic acids is 1. The second-order valence-corrected chi connectivity index (χ2v) is 9.16. The van der Waals surface area contributed by atoms with Gasteiger partial charge in [-0.3, -0.25) is 9.10 Å². The first kappa shape index (κ1) is 21.0. The predicted octanol–water partition coefficient (Wildman–Crippen LogP) is 3.32. The average Bonchev–Trinajstić information content (AvgIpc) is 2.63. The van der Waals surface area contributed by atoms with Crippen LogP contribution in [-0.4, -0.2) is 33.7 Å². The Morgan fingerprint density at radius 1 is 1.04 bits per heavy atom. The molecule has 0 saturated carbocycles. The van der Waals surface area contributed by atoms with Crippen molar-refractivity contribution in [3.8, 4) is 0 Å². The van der Waals surface area contributed by atoms with Gasteiger partial charge in [0, 0.05) is 13.6 Å². The van der Waals surface area contributed by atoms with Gasteiger partial charge >= 0.3 is 0 Å². The smallest absolute Gasteiger partial charge is 0.236 e. The summed E-state index contributed by atoms with van der Waals surface area (Å²) in [6, 6.07) is 16.8. The lowest BCUT2D eigenvalue weighted by atomic mass is 9.87. The first-order valence-electron chi connectivity index (χ1n) is 9.08. The molecule has 0 aliphatic carbocycles. The predicted molar refractivity (Wildman–Crippen MR) is 110 cm³/mol. The Bertz CT molecular complexity index is 847. The molecule has 0 spiro atoms. The van der Waals surface area contributed by atoms with Gasteiger partial charge < -0.3 is 5.32 Å². The summed E-state index contributed by atoms with van der Waals surface area (Å²) in [5, 5.41) is 2.79. The molecular formula is C21H28N2O3S. The van der Waals surface area contributed by atoms with Crippen LogP contribution in [0.5, 0.6) is 0 Å². The summed E-state index contributed by atoms with van der Waals surface area (Å²) in [7, 11) is -1.98. The van der Waals surface area contributed by atoms with Crippen LogP contribution in [0.2, 0.25) is 0 Å². The average molecular weight is 389 g/mol. The number of aryl methyl sites for hydroxylation is 1. The lowest BCUT2D eigenvalue weighted by Gasteiger charge is -2.22. The molecular weight excluding hydrogens is 360 g/mol. The number of benzene rings is 2. The van der Waals surface area contributed by atoms with Crippen LogP contribution in [0, 0.1) is 12.8 Å². The zero-order valence-corrected chi connectivity index (χ0v) is 17.2. The number of rotatable bonds is 8. The van der Waals surface area contributed by atoms with Crippen LogP contribution >= 0.6 is 0 Å². The standard InChI is InChI=1S/C21H28N2O3S/c1-16(2)20(18-12-10-17(3)11-13-18)21(24)22-14-15-27(25,26)23(4)19-8-6-5-7-9-19/h5-13,16,20H,14-15H2,1-4H3,(H,22,24). The molecule has 5 nitrogen and oxygen atoms in total. The summed E-state index contributed by atoms with van der Waals surface area (Å²) in [4.78, 5) is 12.7. The number of anilines is 1. The van der Waals surface area contributed by atoms with E-state index < -0.39 is 10.0 Å². The number of para-hydroxylation sites is 1. The highest BCUT2D eigenvalue weighted by molar-refractivity contribution is 7.92. The number of nitrogens with one attached hydrogen (secondary N) is 1. The fourth-order valence-electron chi connectivity index (χ4n) is 2.96. The summed E-state index contributed by atoms with van der Waals surface area (Å²) in [5.41, 5.74) is 2.68. The van der Waals surface area contributed by atoms with Gasteiger partial charge in [-0.15, -0.1) is 0 Å². The fourth-order valence-corrected chi connectivity index (χ4v) is 4.04. The maximum atomic E-state index is 12.7. The summed E-state index contributed by atoms with van der Waals surface area (Å²) in [6.45, 7) is 6.06. The number of hydrogen-bond acceptors (Lipinski definition) is 3. The van der Waals surface area contributed by atoms with E-state index in [0.717, 1.165) is 11.1 Å². The maximum Gasteiger partial charge on any atom is 0.236 e. The Labute approximate surface area is 162 Å². The van der Waals surface area contributed by atoms with Crippen molar-refractivity contribution >= 4 is 21.6 Å². The molecule has 0 aliphatic heterocycles. The molecule has 0 saturated heterocycles. The first-order chi connectivity index (χ1) is 12.7. The largest absolute Gasteiger partial charge is 0.354 e. The van der Waals surface area contributed by atoms with Crippen LogP contribution < -0.4 is 9.62 Å². The van der Waals surface area contributed by atoms with Crippen LogP contribution in [0.15, 0.2) is 54.6 Å². The van der Waals surface area contributed by atoms with Gasteiger partial charge in [-0.1, -0.05) is 61.9 Å². The molecule has 146 valence electrons. The van der Waals surface area contributed by atoms with Gasteiger partial charge in [-0.25, -0.2) is 8.42 Å². The maximum absolute atomic E-state index is 12.7. The molecule has 0 aliphatic rings. The van der Waals surface area contributed by atoms with Crippen molar-refractivity contribution in [2.24, 2.45) is 5.92 Å². The van der Waals surface area contributed by atoms with Crippen molar-refractivity contribution < 1.29 is 13.2 Å². The lowest BCUT2D eigenvalue weighted by molar-refractivity contribution is -0.123. The number of nitrogens with zero attached hydrogens (tertiary/aromatic N) is 1. The number of carbonyl (C=O) groups is 1. The highest BCUT2D eigenvalue weighted by Gasteiger charge is 2.25. The van der Waals surface area contributed by atoms with E-state index in [-0.39, 0.29) is 30.0 Å². The third kappa shape index (κ3) is 5.57. The zero-order chi connectivity index (χ0) is 20.0. The highest BCUT2D eigenvalue weighted by Crippen LogP contribution is 2.25. The molecule has 2 aromatic rings. The molecule has 6 heteroatoms. The summed E-state index contributed by atoms with van der Waals surface area (Å²) in [5.74, 6) is -0.495. The summed E-state index contributed by atoms with van der Waals surface area (Å²) in [6.07, 6.45) is 0. The Hall–Kier alpha value is -2.34. The van der Waals surface area contributed by atoms with Crippen molar-refractivity contribution in [2.75, 3.05) is 23.7 Å². The molecule has 0 heterocycles. The van der Waals surface area contributed by atoms with Crippen molar-refractivity contribution in [2.45, 2.75) is 26.7 Å². The monoisotopic (exact) mass is 388 g/mol. The second kappa shape index (κ2) is 9.04. The minimum atomic E-state index is -3.51. The van der Waals surface area contributed by atoms with E-state index in [9.17, 15) is 13.2 Å². The van der Waals surface area contributed by atoms with Crippen LogP contribution in [0.1, 0.15) is 30.9 Å². The molecule has 0 aromatic heterocycles. The number of amides is 1. The lowest BCUT2D eigenvalue weighted by Crippen LogP contribution is -2.38. The third-order valence-electron chi connectivity index (χ3n) is 4.58. The van der Waals surface area contributed by atoms with E-state index in [1.54, 1.807) is 24.3 Å². The molecule has 1 amide bonds. The molecule has 2 aromatic carbocycles. The molecule has 0 bridgehead atoms. The number of sulfonamides is 1. The minimum absolute atomic E-state index is 0.0768. The van der Waals surface area contributed by atoms with Crippen LogP contribution in [-0.2, 0) is 14.8 Å². The summed E-state index contributed by atoms with van der Waals surface area (Å²) < 4.78 is 26.2. The molecule has 1 atom stereocenters.